The zero-order valence-electron chi connectivity index (χ0n) is 25.0. The summed E-state index contributed by atoms with van der Waals surface area (Å²) in [6.07, 6.45) is 7.03. The van der Waals surface area contributed by atoms with Crippen molar-refractivity contribution in [3.8, 4) is 0 Å². The molecule has 0 aromatic rings. The molecule has 0 aromatic carbocycles. The second-order valence-electron chi connectivity index (χ2n) is 15.9. The number of aliphatic hydroxyl groups is 2. The monoisotopic (exact) mass is 531 g/mol. The Labute approximate surface area is 230 Å². The number of aliphatic hydroxyl groups excluding tert-OH is 2. The minimum absolute atomic E-state index is 0.0205. The molecule has 4 unspecified atom stereocenters. The first kappa shape index (κ1) is 27.3. The number of hydrogen-bond acceptors (Lipinski definition) is 5. The lowest BCUT2D eigenvalue weighted by Gasteiger charge is -2.63. The predicted molar refractivity (Wildman–Crippen MR) is 146 cm³/mol. The molecular weight excluding hydrogens is 478 g/mol. The SMILES string of the molecule is CNC(=O)O[C@H](C(C)C)C1C[C@@H](C)[C@H]2C(O1)[C@H](O)[C@@]1(C)C3CC[C@H]4C(C)(C)[C@@H](O)CCC45C[C@@]35CC[C@]21C. The maximum Gasteiger partial charge on any atom is 0.407 e. The van der Waals surface area contributed by atoms with E-state index in [0.717, 1.165) is 32.1 Å². The highest BCUT2D eigenvalue weighted by Crippen LogP contribution is 2.89. The Morgan fingerprint density at radius 2 is 1.66 bits per heavy atom. The summed E-state index contributed by atoms with van der Waals surface area (Å²) in [6.45, 7) is 16.0. The maximum atomic E-state index is 12.4. The molecule has 1 heterocycles. The number of hydrogen-bond donors (Lipinski definition) is 3. The third-order valence-corrected chi connectivity index (χ3v) is 14.3. The second-order valence-corrected chi connectivity index (χ2v) is 15.9. The molecule has 216 valence electrons. The minimum Gasteiger partial charge on any atom is -0.443 e. The first-order valence-electron chi connectivity index (χ1n) is 15.6. The van der Waals surface area contributed by atoms with Crippen molar-refractivity contribution in [2.24, 2.45) is 56.7 Å². The molecule has 6 rings (SSSR count). The van der Waals surface area contributed by atoms with Crippen LogP contribution in [0.15, 0.2) is 0 Å². The third-order valence-electron chi connectivity index (χ3n) is 14.3. The van der Waals surface area contributed by atoms with Crippen molar-refractivity contribution in [2.45, 2.75) is 130 Å². The van der Waals surface area contributed by atoms with Gasteiger partial charge in [-0.25, -0.2) is 4.79 Å². The second kappa shape index (κ2) is 8.35. The molecule has 0 aromatic heterocycles. The van der Waals surface area contributed by atoms with Gasteiger partial charge in [0.2, 0.25) is 0 Å². The summed E-state index contributed by atoms with van der Waals surface area (Å²) in [7, 11) is 1.59. The number of alkyl carbamates (subject to hydrolysis) is 1. The average Bonchev–Trinajstić information content (AvgIpc) is 3.49. The van der Waals surface area contributed by atoms with Crippen LogP contribution in [0.3, 0.4) is 0 Å². The maximum absolute atomic E-state index is 12.4. The summed E-state index contributed by atoms with van der Waals surface area (Å²) in [5.41, 5.74) is 0.440. The van der Waals surface area contributed by atoms with Gasteiger partial charge in [0.1, 0.15) is 6.10 Å². The molecule has 3 N–H and O–H groups in total. The van der Waals surface area contributed by atoms with E-state index < -0.39 is 12.2 Å². The molecule has 13 atom stereocenters. The molecule has 5 aliphatic carbocycles. The van der Waals surface area contributed by atoms with E-state index in [4.69, 9.17) is 9.47 Å². The van der Waals surface area contributed by atoms with Gasteiger partial charge in [0.05, 0.1) is 24.4 Å². The number of amides is 1. The van der Waals surface area contributed by atoms with Crippen LogP contribution < -0.4 is 5.32 Å². The standard InChI is InChI=1S/C32H53NO5/c1-17(2)24(38-27(36)33-8)19-15-18(3)23-25(37-19)26(35)30(7)21-10-9-20-28(4,5)22(34)11-12-31(20)16-32(21,31)14-13-29(23,30)6/h17-26,34-35H,9-16H2,1-8H3,(H,33,36)/t18-,19?,20+,21?,22+,23+,24-,25?,26+,29-,30-,31?,32+/m1/s1. The van der Waals surface area contributed by atoms with Crippen LogP contribution in [0, 0.1) is 56.7 Å². The van der Waals surface area contributed by atoms with Crippen LogP contribution in [0.2, 0.25) is 0 Å². The lowest BCUT2D eigenvalue weighted by atomic mass is 9.41. The van der Waals surface area contributed by atoms with E-state index in [1.807, 2.05) is 0 Å². The first-order chi connectivity index (χ1) is 17.7. The normalized spacial score (nSPS) is 55.0. The molecule has 2 spiro atoms. The van der Waals surface area contributed by atoms with Crippen LogP contribution in [0.1, 0.15) is 99.8 Å². The van der Waals surface area contributed by atoms with Gasteiger partial charge in [-0.1, -0.05) is 48.5 Å². The van der Waals surface area contributed by atoms with Gasteiger partial charge in [-0.05, 0) is 103 Å². The van der Waals surface area contributed by atoms with Crippen molar-refractivity contribution >= 4 is 6.09 Å². The van der Waals surface area contributed by atoms with E-state index in [9.17, 15) is 15.0 Å². The van der Waals surface area contributed by atoms with Crippen molar-refractivity contribution in [2.75, 3.05) is 7.05 Å². The number of carbonyl (C=O) groups excluding carboxylic acids is 1. The summed E-state index contributed by atoms with van der Waals surface area (Å²) in [5, 5.41) is 25.9. The number of fused-ring (bicyclic) bond motifs is 4. The summed E-state index contributed by atoms with van der Waals surface area (Å²) in [4.78, 5) is 12.2. The van der Waals surface area contributed by atoms with Crippen molar-refractivity contribution in [3.05, 3.63) is 0 Å². The summed E-state index contributed by atoms with van der Waals surface area (Å²) in [6, 6.07) is 0. The Balaban J connectivity index is 1.33. The Hall–Kier alpha value is -0.850. The van der Waals surface area contributed by atoms with E-state index >= 15 is 0 Å². The van der Waals surface area contributed by atoms with Gasteiger partial charge in [-0.2, -0.15) is 0 Å². The number of ether oxygens (including phenoxy) is 2. The zero-order valence-corrected chi connectivity index (χ0v) is 25.0. The van der Waals surface area contributed by atoms with Gasteiger partial charge < -0.3 is 25.0 Å². The third kappa shape index (κ3) is 3.09. The van der Waals surface area contributed by atoms with Crippen molar-refractivity contribution in [1.29, 1.82) is 0 Å². The average molecular weight is 532 g/mol. The highest BCUT2D eigenvalue weighted by atomic mass is 16.6. The van der Waals surface area contributed by atoms with E-state index in [0.29, 0.717) is 34.5 Å². The van der Waals surface area contributed by atoms with Crippen LogP contribution in [-0.4, -0.2) is 53.9 Å². The van der Waals surface area contributed by atoms with Crippen molar-refractivity contribution in [3.63, 3.8) is 0 Å². The Kier molecular flexibility index (Phi) is 6.00. The van der Waals surface area contributed by atoms with E-state index in [1.54, 1.807) is 7.05 Å². The smallest absolute Gasteiger partial charge is 0.407 e. The Morgan fingerprint density at radius 3 is 2.32 bits per heavy atom. The fourth-order valence-corrected chi connectivity index (χ4v) is 12.4. The molecular formula is C32H53NO5. The first-order valence-corrected chi connectivity index (χ1v) is 15.6. The topological polar surface area (TPSA) is 88.0 Å². The van der Waals surface area contributed by atoms with E-state index in [2.05, 4.69) is 53.8 Å². The Morgan fingerprint density at radius 1 is 1.00 bits per heavy atom. The van der Waals surface area contributed by atoms with Crippen molar-refractivity contribution in [1.82, 2.24) is 5.32 Å². The van der Waals surface area contributed by atoms with E-state index in [1.165, 1.54) is 19.3 Å². The summed E-state index contributed by atoms with van der Waals surface area (Å²) < 4.78 is 12.7. The number of carbonyl (C=O) groups is 1. The van der Waals surface area contributed by atoms with Crippen LogP contribution in [-0.2, 0) is 9.47 Å². The molecule has 1 saturated heterocycles. The van der Waals surface area contributed by atoms with Gasteiger partial charge in [-0.15, -0.1) is 0 Å². The molecule has 6 heteroatoms. The van der Waals surface area contributed by atoms with Crippen LogP contribution in [0.5, 0.6) is 0 Å². The summed E-state index contributed by atoms with van der Waals surface area (Å²) in [5.74, 6) is 1.90. The van der Waals surface area contributed by atoms with Crippen LogP contribution in [0.25, 0.3) is 0 Å². The van der Waals surface area contributed by atoms with Gasteiger partial charge >= 0.3 is 6.09 Å². The number of rotatable bonds is 3. The molecule has 1 amide bonds. The molecule has 6 aliphatic rings. The van der Waals surface area contributed by atoms with Crippen LogP contribution in [0.4, 0.5) is 4.79 Å². The lowest BCUT2D eigenvalue weighted by Crippen LogP contribution is -2.59. The zero-order chi connectivity index (χ0) is 27.6. The highest BCUT2D eigenvalue weighted by Gasteiger charge is 2.84. The molecule has 6 nitrogen and oxygen atoms in total. The molecule has 5 saturated carbocycles. The molecule has 0 bridgehead atoms. The predicted octanol–water partition coefficient (Wildman–Crippen LogP) is 5.54. The summed E-state index contributed by atoms with van der Waals surface area (Å²) >= 11 is 0. The quantitative estimate of drug-likeness (QED) is 0.445. The van der Waals surface area contributed by atoms with Crippen molar-refractivity contribution < 1.29 is 24.5 Å². The van der Waals surface area contributed by atoms with Gasteiger partial charge in [-0.3, -0.25) is 0 Å². The Bertz CT molecular complexity index is 983. The van der Waals surface area contributed by atoms with Gasteiger partial charge in [0.15, 0.2) is 0 Å². The molecule has 6 fully saturated rings. The van der Waals surface area contributed by atoms with E-state index in [-0.39, 0.29) is 46.6 Å². The largest absolute Gasteiger partial charge is 0.443 e. The molecule has 0 radical (unpaired) electrons. The lowest BCUT2D eigenvalue weighted by molar-refractivity contribution is -0.184. The highest BCUT2D eigenvalue weighted by molar-refractivity contribution is 5.66. The van der Waals surface area contributed by atoms with Gasteiger partial charge in [0, 0.05) is 12.5 Å². The minimum atomic E-state index is -0.519. The number of nitrogens with one attached hydrogen (secondary N) is 1. The molecule has 38 heavy (non-hydrogen) atoms. The molecule has 1 aliphatic heterocycles. The van der Waals surface area contributed by atoms with Crippen LogP contribution >= 0.6 is 0 Å². The fraction of sp³-hybridized carbons (Fsp3) is 0.969. The fourth-order valence-electron chi connectivity index (χ4n) is 12.4. The van der Waals surface area contributed by atoms with Gasteiger partial charge in [0.25, 0.3) is 0 Å².